The molecule has 0 unspecified atom stereocenters. The van der Waals surface area contributed by atoms with Gasteiger partial charge >= 0.3 is 0 Å². The maximum Gasteiger partial charge on any atom is 0.231 e. The van der Waals surface area contributed by atoms with Crippen molar-refractivity contribution in [2.45, 2.75) is 27.2 Å². The van der Waals surface area contributed by atoms with Gasteiger partial charge < -0.3 is 9.80 Å². The first-order valence-electron chi connectivity index (χ1n) is 7.81. The molecule has 1 aliphatic heterocycles. The van der Waals surface area contributed by atoms with Crippen LogP contribution in [0.3, 0.4) is 0 Å². The van der Waals surface area contributed by atoms with Crippen LogP contribution in [0.25, 0.3) is 0 Å². The maximum atomic E-state index is 6.08. The minimum Gasteiger partial charge on any atom is -0.341 e. The smallest absolute Gasteiger partial charge is 0.231 e. The summed E-state index contributed by atoms with van der Waals surface area (Å²) in [5, 5.41) is 0.276. The van der Waals surface area contributed by atoms with E-state index in [0.717, 1.165) is 45.8 Å². The lowest BCUT2D eigenvalue weighted by Gasteiger charge is -2.34. The van der Waals surface area contributed by atoms with Gasteiger partial charge in [0.1, 0.15) is 0 Å². The number of piperazine rings is 1. The van der Waals surface area contributed by atoms with Crippen molar-refractivity contribution in [1.29, 1.82) is 0 Å². The Labute approximate surface area is 132 Å². The SMILES string of the molecule is CCCN1CCN(c2nc(Cl)nc(N(CC)CC)n2)CC1. The van der Waals surface area contributed by atoms with Crippen molar-refractivity contribution in [3.63, 3.8) is 0 Å². The van der Waals surface area contributed by atoms with Crippen molar-refractivity contribution in [3.8, 4) is 0 Å². The number of anilines is 2. The summed E-state index contributed by atoms with van der Waals surface area (Å²) in [5.41, 5.74) is 0. The van der Waals surface area contributed by atoms with E-state index in [1.54, 1.807) is 0 Å². The molecule has 0 aliphatic carbocycles. The van der Waals surface area contributed by atoms with E-state index in [9.17, 15) is 0 Å². The molecule has 0 saturated carbocycles. The number of hydrogen-bond acceptors (Lipinski definition) is 6. The molecule has 1 aromatic rings. The van der Waals surface area contributed by atoms with E-state index in [0.29, 0.717) is 11.9 Å². The second kappa shape index (κ2) is 7.75. The van der Waals surface area contributed by atoms with E-state index >= 15 is 0 Å². The quantitative estimate of drug-likeness (QED) is 0.799. The topological polar surface area (TPSA) is 48.4 Å². The predicted octanol–water partition coefficient (Wildman–Crippen LogP) is 1.90. The highest BCUT2D eigenvalue weighted by Crippen LogP contribution is 2.18. The number of halogens is 1. The molecule has 1 saturated heterocycles. The Kier molecular flexibility index (Phi) is 5.99. The lowest BCUT2D eigenvalue weighted by Crippen LogP contribution is -2.47. The lowest BCUT2D eigenvalue weighted by atomic mass is 10.3. The van der Waals surface area contributed by atoms with Crippen molar-refractivity contribution in [1.82, 2.24) is 19.9 Å². The molecular weight excluding hydrogens is 288 g/mol. The predicted molar refractivity (Wildman–Crippen MR) is 87.3 cm³/mol. The molecule has 1 aromatic heterocycles. The van der Waals surface area contributed by atoms with Gasteiger partial charge in [-0.05, 0) is 38.4 Å². The average Bonchev–Trinajstić information content (AvgIpc) is 2.49. The summed E-state index contributed by atoms with van der Waals surface area (Å²) < 4.78 is 0. The number of rotatable bonds is 6. The summed E-state index contributed by atoms with van der Waals surface area (Å²) in [7, 11) is 0. The molecule has 1 fully saturated rings. The minimum absolute atomic E-state index is 0.276. The van der Waals surface area contributed by atoms with Gasteiger partial charge in [-0.2, -0.15) is 15.0 Å². The van der Waals surface area contributed by atoms with Crippen LogP contribution in [-0.2, 0) is 0 Å². The Balaban J connectivity index is 2.10. The highest BCUT2D eigenvalue weighted by atomic mass is 35.5. The summed E-state index contributed by atoms with van der Waals surface area (Å²) in [5.74, 6) is 1.37. The molecule has 7 heteroatoms. The van der Waals surface area contributed by atoms with Crippen LogP contribution in [-0.4, -0.2) is 65.7 Å². The highest BCUT2D eigenvalue weighted by molar-refractivity contribution is 6.28. The third-order valence-electron chi connectivity index (χ3n) is 3.83. The summed E-state index contributed by atoms with van der Waals surface area (Å²) in [4.78, 5) is 19.9. The molecule has 0 N–H and O–H groups in total. The first kappa shape index (κ1) is 16.2. The molecule has 0 atom stereocenters. The molecule has 0 radical (unpaired) electrons. The lowest BCUT2D eigenvalue weighted by molar-refractivity contribution is 0.257. The fourth-order valence-corrected chi connectivity index (χ4v) is 2.76. The fourth-order valence-electron chi connectivity index (χ4n) is 2.61. The second-order valence-electron chi connectivity index (χ2n) is 5.21. The van der Waals surface area contributed by atoms with E-state index in [-0.39, 0.29) is 5.28 Å². The summed E-state index contributed by atoms with van der Waals surface area (Å²) in [6.45, 7) is 13.3. The Morgan fingerprint density at radius 1 is 1.00 bits per heavy atom. The van der Waals surface area contributed by atoms with E-state index < -0.39 is 0 Å². The Morgan fingerprint density at radius 2 is 1.67 bits per heavy atom. The van der Waals surface area contributed by atoms with Crippen LogP contribution >= 0.6 is 11.6 Å². The van der Waals surface area contributed by atoms with Gasteiger partial charge in [0.25, 0.3) is 0 Å². The van der Waals surface area contributed by atoms with Gasteiger partial charge in [0, 0.05) is 39.3 Å². The van der Waals surface area contributed by atoms with Crippen LogP contribution in [0.4, 0.5) is 11.9 Å². The molecule has 1 aliphatic rings. The zero-order valence-corrected chi connectivity index (χ0v) is 14.0. The fraction of sp³-hybridized carbons (Fsp3) is 0.786. The van der Waals surface area contributed by atoms with Crippen molar-refractivity contribution in [3.05, 3.63) is 5.28 Å². The monoisotopic (exact) mass is 312 g/mol. The summed E-state index contributed by atoms with van der Waals surface area (Å²) in [6, 6.07) is 0. The second-order valence-corrected chi connectivity index (χ2v) is 5.54. The van der Waals surface area contributed by atoms with Gasteiger partial charge in [-0.25, -0.2) is 0 Å². The van der Waals surface area contributed by atoms with Crippen molar-refractivity contribution in [2.24, 2.45) is 0 Å². The van der Waals surface area contributed by atoms with Crippen LogP contribution in [0.5, 0.6) is 0 Å². The van der Waals surface area contributed by atoms with Crippen molar-refractivity contribution < 1.29 is 0 Å². The average molecular weight is 313 g/mol. The minimum atomic E-state index is 0.276. The molecule has 0 amide bonds. The van der Waals surface area contributed by atoms with Crippen LogP contribution in [0.15, 0.2) is 0 Å². The zero-order valence-electron chi connectivity index (χ0n) is 13.2. The molecule has 6 nitrogen and oxygen atoms in total. The van der Waals surface area contributed by atoms with Crippen LogP contribution in [0.1, 0.15) is 27.2 Å². The number of nitrogens with zero attached hydrogens (tertiary/aromatic N) is 6. The molecular formula is C14H25ClN6. The Morgan fingerprint density at radius 3 is 2.24 bits per heavy atom. The van der Waals surface area contributed by atoms with E-state index in [2.05, 4.69) is 50.4 Å². The number of aromatic nitrogens is 3. The van der Waals surface area contributed by atoms with Crippen molar-refractivity contribution >= 4 is 23.5 Å². The molecule has 0 spiro atoms. The van der Waals surface area contributed by atoms with Gasteiger partial charge in [-0.1, -0.05) is 6.92 Å². The van der Waals surface area contributed by atoms with Gasteiger partial charge in [-0.3, -0.25) is 4.90 Å². The summed E-state index contributed by atoms with van der Waals surface area (Å²) in [6.07, 6.45) is 1.20. The number of hydrogen-bond donors (Lipinski definition) is 0. The normalized spacial score (nSPS) is 16.3. The zero-order chi connectivity index (χ0) is 15.2. The standard InChI is InChI=1S/C14H25ClN6/c1-4-7-19-8-10-21(11-9-19)14-17-12(15)16-13(18-14)20(5-2)6-3/h4-11H2,1-3H3. The van der Waals surface area contributed by atoms with Crippen LogP contribution < -0.4 is 9.80 Å². The third kappa shape index (κ3) is 4.17. The van der Waals surface area contributed by atoms with Crippen LogP contribution in [0.2, 0.25) is 5.28 Å². The molecule has 0 aromatic carbocycles. The Hall–Kier alpha value is -1.14. The van der Waals surface area contributed by atoms with E-state index in [4.69, 9.17) is 11.6 Å². The first-order chi connectivity index (χ1) is 10.2. The molecule has 2 heterocycles. The van der Waals surface area contributed by atoms with Gasteiger partial charge in [-0.15, -0.1) is 0 Å². The van der Waals surface area contributed by atoms with E-state index in [1.807, 2.05) is 0 Å². The molecule has 21 heavy (non-hydrogen) atoms. The van der Waals surface area contributed by atoms with Crippen molar-refractivity contribution in [2.75, 3.05) is 55.6 Å². The van der Waals surface area contributed by atoms with Gasteiger partial charge in [0.2, 0.25) is 17.2 Å². The molecule has 0 bridgehead atoms. The highest BCUT2D eigenvalue weighted by Gasteiger charge is 2.20. The van der Waals surface area contributed by atoms with Gasteiger partial charge in [0.05, 0.1) is 0 Å². The third-order valence-corrected chi connectivity index (χ3v) is 3.99. The van der Waals surface area contributed by atoms with Crippen LogP contribution in [0, 0.1) is 0 Å². The van der Waals surface area contributed by atoms with E-state index in [1.165, 1.54) is 6.42 Å². The summed E-state index contributed by atoms with van der Waals surface area (Å²) >= 11 is 6.08. The van der Waals surface area contributed by atoms with Gasteiger partial charge in [0.15, 0.2) is 0 Å². The first-order valence-corrected chi connectivity index (χ1v) is 8.19. The Bertz CT molecular complexity index is 443. The molecule has 2 rings (SSSR count). The maximum absolute atomic E-state index is 6.08. The largest absolute Gasteiger partial charge is 0.341 e. The molecule has 118 valence electrons.